The van der Waals surface area contributed by atoms with Gasteiger partial charge in [-0.1, -0.05) is 19.9 Å². The van der Waals surface area contributed by atoms with Gasteiger partial charge in [0.25, 0.3) is 0 Å². The van der Waals surface area contributed by atoms with Crippen LogP contribution in [0.1, 0.15) is 53.0 Å². The molecule has 33 heavy (non-hydrogen) atoms. The molecule has 1 aromatic rings. The number of benzene rings is 1. The molecule has 0 radical (unpaired) electrons. The van der Waals surface area contributed by atoms with E-state index in [9.17, 15) is 19.5 Å². The van der Waals surface area contributed by atoms with Crippen molar-refractivity contribution in [1.82, 2.24) is 10.2 Å². The fraction of sp³-hybridized carbons (Fsp3) is 0.625. The summed E-state index contributed by atoms with van der Waals surface area (Å²) in [6.07, 6.45) is 1.29. The zero-order chi connectivity index (χ0) is 25.1. The number of nitrogens with zero attached hydrogens (tertiary/aromatic N) is 1. The second-order valence-electron chi connectivity index (χ2n) is 8.33. The van der Waals surface area contributed by atoms with Crippen molar-refractivity contribution in [3.05, 3.63) is 23.8 Å². The van der Waals surface area contributed by atoms with E-state index < -0.39 is 36.0 Å². The quantitative estimate of drug-likeness (QED) is 0.402. The van der Waals surface area contributed by atoms with Crippen LogP contribution in [0.15, 0.2) is 18.2 Å². The van der Waals surface area contributed by atoms with E-state index >= 15 is 0 Å². The van der Waals surface area contributed by atoms with Gasteiger partial charge < -0.3 is 24.2 Å². The highest BCUT2D eigenvalue weighted by atomic mass is 16.5. The van der Waals surface area contributed by atoms with Crippen LogP contribution < -0.4 is 14.8 Å². The average molecular weight is 467 g/mol. The van der Waals surface area contributed by atoms with E-state index in [0.717, 1.165) is 6.42 Å². The van der Waals surface area contributed by atoms with Crippen molar-refractivity contribution in [2.75, 3.05) is 20.8 Å². The molecule has 0 aliphatic heterocycles. The van der Waals surface area contributed by atoms with Crippen molar-refractivity contribution in [2.45, 2.75) is 72.1 Å². The number of rotatable bonds is 14. The van der Waals surface area contributed by atoms with Gasteiger partial charge in [-0.05, 0) is 57.2 Å². The zero-order valence-electron chi connectivity index (χ0n) is 20.7. The van der Waals surface area contributed by atoms with Gasteiger partial charge in [-0.15, -0.1) is 0 Å². The molecule has 1 aromatic carbocycles. The van der Waals surface area contributed by atoms with Gasteiger partial charge in [0, 0.05) is 6.54 Å². The lowest BCUT2D eigenvalue weighted by molar-refractivity contribution is -0.152. The Labute approximate surface area is 196 Å². The third-order valence-corrected chi connectivity index (χ3v) is 5.33. The molecule has 186 valence electrons. The Bertz CT molecular complexity index is 797. The average Bonchev–Trinajstić information content (AvgIpc) is 2.78. The topological polar surface area (TPSA) is 114 Å². The molecule has 0 aliphatic rings. The molecule has 2 N–H and O–H groups in total. The summed E-state index contributed by atoms with van der Waals surface area (Å²) in [6, 6.07) is 2.62. The first-order valence-corrected chi connectivity index (χ1v) is 11.2. The van der Waals surface area contributed by atoms with Crippen molar-refractivity contribution in [1.29, 1.82) is 0 Å². The first-order valence-electron chi connectivity index (χ1n) is 11.2. The summed E-state index contributed by atoms with van der Waals surface area (Å²) in [7, 11) is 3.02. The van der Waals surface area contributed by atoms with Crippen LogP contribution in [-0.4, -0.2) is 66.8 Å². The lowest BCUT2D eigenvalue weighted by Gasteiger charge is -2.31. The van der Waals surface area contributed by atoms with Crippen molar-refractivity contribution in [3.63, 3.8) is 0 Å². The summed E-state index contributed by atoms with van der Waals surface area (Å²) in [4.78, 5) is 38.7. The minimum atomic E-state index is -1.13. The number of aliphatic carboxylic acids is 1. The summed E-state index contributed by atoms with van der Waals surface area (Å²) in [5.74, 6) is -0.592. The van der Waals surface area contributed by atoms with Crippen molar-refractivity contribution in [3.8, 4) is 11.5 Å². The normalized spacial score (nSPS) is 13.7. The van der Waals surface area contributed by atoms with Gasteiger partial charge in [0.05, 0.1) is 26.9 Å². The number of carboxylic acid groups (broad SMARTS) is 1. The maximum Gasteiger partial charge on any atom is 0.326 e. The lowest BCUT2D eigenvalue weighted by Crippen LogP contribution is -2.54. The van der Waals surface area contributed by atoms with E-state index in [1.54, 1.807) is 32.0 Å². The van der Waals surface area contributed by atoms with Crippen molar-refractivity contribution in [2.24, 2.45) is 5.92 Å². The Kier molecular flexibility index (Phi) is 11.7. The van der Waals surface area contributed by atoms with Gasteiger partial charge in [-0.2, -0.15) is 0 Å². The number of carbonyl (C=O) groups is 3. The van der Waals surface area contributed by atoms with Gasteiger partial charge in [0.15, 0.2) is 11.5 Å². The van der Waals surface area contributed by atoms with E-state index in [4.69, 9.17) is 14.2 Å². The second kappa shape index (κ2) is 13.7. The maximum absolute atomic E-state index is 13.3. The van der Waals surface area contributed by atoms with E-state index in [0.29, 0.717) is 29.4 Å². The minimum Gasteiger partial charge on any atom is -0.493 e. The monoisotopic (exact) mass is 466 g/mol. The molecule has 0 aliphatic carbocycles. The Morgan fingerprint density at radius 1 is 1.03 bits per heavy atom. The first-order chi connectivity index (χ1) is 15.5. The number of hydrogen-bond acceptors (Lipinski definition) is 7. The van der Waals surface area contributed by atoms with Crippen molar-refractivity contribution < 1.29 is 33.7 Å². The lowest BCUT2D eigenvalue weighted by atomic mass is 10.0. The van der Waals surface area contributed by atoms with E-state index in [1.165, 1.54) is 26.0 Å². The molecular formula is C24H38N2O7. The summed E-state index contributed by atoms with van der Waals surface area (Å²) < 4.78 is 15.7. The summed E-state index contributed by atoms with van der Waals surface area (Å²) in [5, 5.41) is 12.7. The molecule has 1 amide bonds. The number of methoxy groups -OCH3 is 2. The number of carbonyl (C=O) groups excluding carboxylic acids is 2. The van der Waals surface area contributed by atoms with Crippen LogP contribution >= 0.6 is 0 Å². The third-order valence-electron chi connectivity index (χ3n) is 5.33. The zero-order valence-corrected chi connectivity index (χ0v) is 20.7. The van der Waals surface area contributed by atoms with E-state index in [1.807, 2.05) is 0 Å². The molecule has 3 atom stereocenters. The molecule has 0 bridgehead atoms. The summed E-state index contributed by atoms with van der Waals surface area (Å²) in [5.41, 5.74) is 0.683. The predicted octanol–water partition coefficient (Wildman–Crippen LogP) is 2.85. The van der Waals surface area contributed by atoms with Crippen LogP contribution in [0.5, 0.6) is 11.5 Å². The highest BCUT2D eigenvalue weighted by Crippen LogP contribution is 2.28. The first kappa shape index (κ1) is 28.2. The van der Waals surface area contributed by atoms with Crippen LogP contribution in [0.4, 0.5) is 0 Å². The van der Waals surface area contributed by atoms with Gasteiger partial charge in [0.1, 0.15) is 12.1 Å². The molecule has 0 heterocycles. The van der Waals surface area contributed by atoms with Crippen LogP contribution in [0.3, 0.4) is 0 Å². The fourth-order valence-corrected chi connectivity index (χ4v) is 3.35. The largest absolute Gasteiger partial charge is 0.493 e. The molecule has 3 unspecified atom stereocenters. The second-order valence-corrected chi connectivity index (χ2v) is 8.33. The van der Waals surface area contributed by atoms with E-state index in [-0.39, 0.29) is 13.2 Å². The number of carboxylic acids is 1. The van der Waals surface area contributed by atoms with Crippen LogP contribution in [-0.2, 0) is 25.7 Å². The van der Waals surface area contributed by atoms with Crippen molar-refractivity contribution >= 4 is 17.8 Å². The molecule has 0 aromatic heterocycles. The highest BCUT2D eigenvalue weighted by molar-refractivity contribution is 5.87. The highest BCUT2D eigenvalue weighted by Gasteiger charge is 2.32. The molecular weight excluding hydrogens is 428 g/mol. The molecule has 0 saturated carbocycles. The van der Waals surface area contributed by atoms with Gasteiger partial charge in [0.2, 0.25) is 5.91 Å². The Balaban J connectivity index is 3.11. The Hall–Kier alpha value is -2.81. The summed E-state index contributed by atoms with van der Waals surface area (Å²) >= 11 is 0. The minimum absolute atomic E-state index is 0.0503. The Morgan fingerprint density at radius 2 is 1.67 bits per heavy atom. The molecule has 0 saturated heterocycles. The molecule has 0 spiro atoms. The fourth-order valence-electron chi connectivity index (χ4n) is 3.35. The number of nitrogens with one attached hydrogen (secondary N) is 1. The number of hydrogen-bond donors (Lipinski definition) is 2. The van der Waals surface area contributed by atoms with Crippen LogP contribution in [0, 0.1) is 5.92 Å². The Morgan fingerprint density at radius 3 is 2.18 bits per heavy atom. The third kappa shape index (κ3) is 8.57. The molecule has 1 rings (SSSR count). The van der Waals surface area contributed by atoms with Crippen LogP contribution in [0.2, 0.25) is 0 Å². The number of amides is 1. The van der Waals surface area contributed by atoms with Crippen LogP contribution in [0.25, 0.3) is 0 Å². The molecule has 9 heteroatoms. The number of esters is 1. The van der Waals surface area contributed by atoms with Gasteiger partial charge in [-0.25, -0.2) is 4.79 Å². The standard InChI is InChI=1S/C24H38N2O7/c1-8-33-24(30)19(11-9-15(2)3)25-16(4)22(27)26(17(5)23(28)29)14-18-10-12-20(31-6)21(13-18)32-7/h10,12-13,15-17,19,25H,8-9,11,14H2,1-7H3,(H,28,29). The molecule has 9 nitrogen and oxygen atoms in total. The van der Waals surface area contributed by atoms with Gasteiger partial charge in [-0.3, -0.25) is 14.9 Å². The van der Waals surface area contributed by atoms with E-state index in [2.05, 4.69) is 19.2 Å². The summed E-state index contributed by atoms with van der Waals surface area (Å²) in [6.45, 7) is 9.20. The predicted molar refractivity (Wildman–Crippen MR) is 124 cm³/mol. The number of ether oxygens (including phenoxy) is 3. The molecule has 0 fully saturated rings. The maximum atomic E-state index is 13.3. The smallest absolute Gasteiger partial charge is 0.326 e. The SMILES string of the molecule is CCOC(=O)C(CCC(C)C)NC(C)C(=O)N(Cc1ccc(OC)c(OC)c1)C(C)C(=O)O. The van der Waals surface area contributed by atoms with Gasteiger partial charge >= 0.3 is 11.9 Å².